The minimum Gasteiger partial charge on any atom is -0.462 e. The highest BCUT2D eigenvalue weighted by atomic mass is 32.2. The molecule has 2 heterocycles. The number of nitrogens with one attached hydrogen (secondary N) is 1. The summed E-state index contributed by atoms with van der Waals surface area (Å²) in [7, 11) is 0. The number of amides is 1. The molecule has 0 spiro atoms. The molecule has 3 rings (SSSR count). The zero-order valence-electron chi connectivity index (χ0n) is 16.5. The van der Waals surface area contributed by atoms with Gasteiger partial charge in [-0.1, -0.05) is 36.4 Å². The van der Waals surface area contributed by atoms with Crippen molar-refractivity contribution < 1.29 is 14.3 Å². The topological polar surface area (TPSA) is 86.1 Å². The maximum absolute atomic E-state index is 12.5. The number of hydrogen-bond acceptors (Lipinski definition) is 7. The Kier molecular flexibility index (Phi) is 7.05. The lowest BCUT2D eigenvalue weighted by Crippen LogP contribution is -2.16. The van der Waals surface area contributed by atoms with E-state index in [0.29, 0.717) is 15.7 Å². The lowest BCUT2D eigenvalue weighted by Gasteiger charge is -2.08. The number of carbonyl (C=O) groups is 2. The van der Waals surface area contributed by atoms with Crippen LogP contribution in [0.1, 0.15) is 34.6 Å². The lowest BCUT2D eigenvalue weighted by atomic mass is 10.2. The molecule has 29 heavy (non-hydrogen) atoms. The SMILES string of the molecule is CCOC(=O)c1cc(CC)sc1NC(=O)CSc1nncn1-c1ccc(C)cc1. The summed E-state index contributed by atoms with van der Waals surface area (Å²) in [4.78, 5) is 25.7. The van der Waals surface area contributed by atoms with Gasteiger partial charge in [0.1, 0.15) is 11.3 Å². The van der Waals surface area contributed by atoms with E-state index in [1.54, 1.807) is 19.3 Å². The zero-order chi connectivity index (χ0) is 20.8. The lowest BCUT2D eigenvalue weighted by molar-refractivity contribution is -0.113. The Morgan fingerprint density at radius 3 is 2.69 bits per heavy atom. The van der Waals surface area contributed by atoms with Crippen molar-refractivity contribution in [3.63, 3.8) is 0 Å². The number of benzene rings is 1. The number of aromatic nitrogens is 3. The first-order chi connectivity index (χ1) is 14.0. The van der Waals surface area contributed by atoms with E-state index < -0.39 is 5.97 Å². The fraction of sp³-hybridized carbons (Fsp3) is 0.300. The predicted octanol–water partition coefficient (Wildman–Crippen LogP) is 4.11. The normalized spacial score (nSPS) is 10.7. The van der Waals surface area contributed by atoms with Crippen LogP contribution in [0.4, 0.5) is 5.00 Å². The van der Waals surface area contributed by atoms with Crippen molar-refractivity contribution >= 4 is 40.0 Å². The van der Waals surface area contributed by atoms with Gasteiger partial charge in [-0.25, -0.2) is 4.79 Å². The van der Waals surface area contributed by atoms with Crippen molar-refractivity contribution in [2.45, 2.75) is 32.3 Å². The summed E-state index contributed by atoms with van der Waals surface area (Å²) in [6.07, 6.45) is 2.40. The summed E-state index contributed by atoms with van der Waals surface area (Å²) < 4.78 is 6.92. The Morgan fingerprint density at radius 2 is 2.00 bits per heavy atom. The van der Waals surface area contributed by atoms with E-state index in [1.165, 1.54) is 23.1 Å². The van der Waals surface area contributed by atoms with Crippen molar-refractivity contribution in [3.05, 3.63) is 52.7 Å². The van der Waals surface area contributed by atoms with Gasteiger partial charge >= 0.3 is 5.97 Å². The van der Waals surface area contributed by atoms with Crippen molar-refractivity contribution in [2.75, 3.05) is 17.7 Å². The van der Waals surface area contributed by atoms with E-state index in [9.17, 15) is 9.59 Å². The molecule has 0 radical (unpaired) electrons. The first-order valence-corrected chi connectivity index (χ1v) is 11.0. The summed E-state index contributed by atoms with van der Waals surface area (Å²) in [5, 5.41) is 12.0. The van der Waals surface area contributed by atoms with E-state index >= 15 is 0 Å². The number of thiophene rings is 1. The van der Waals surface area contributed by atoms with Crippen LogP contribution in [-0.2, 0) is 16.0 Å². The standard InChI is InChI=1S/C20H22N4O3S2/c1-4-15-10-16(19(26)27-5-2)18(29-15)22-17(25)11-28-20-23-21-12-24(20)14-8-6-13(3)7-9-14/h6-10,12H,4-5,11H2,1-3H3,(H,22,25). The fourth-order valence-corrected chi connectivity index (χ4v) is 4.30. The predicted molar refractivity (Wildman–Crippen MR) is 115 cm³/mol. The van der Waals surface area contributed by atoms with Gasteiger partial charge in [-0.15, -0.1) is 21.5 Å². The van der Waals surface area contributed by atoms with E-state index in [0.717, 1.165) is 22.5 Å². The number of nitrogens with zero attached hydrogens (tertiary/aromatic N) is 3. The number of thioether (sulfide) groups is 1. The van der Waals surface area contributed by atoms with Crippen LogP contribution in [0.2, 0.25) is 0 Å². The van der Waals surface area contributed by atoms with Crippen LogP contribution < -0.4 is 5.32 Å². The molecule has 0 aliphatic rings. The monoisotopic (exact) mass is 430 g/mol. The van der Waals surface area contributed by atoms with Gasteiger partial charge in [0.15, 0.2) is 5.16 Å². The maximum Gasteiger partial charge on any atom is 0.341 e. The first-order valence-electron chi connectivity index (χ1n) is 9.21. The van der Waals surface area contributed by atoms with Crippen LogP contribution in [0.3, 0.4) is 0 Å². The van der Waals surface area contributed by atoms with Gasteiger partial charge in [0.25, 0.3) is 0 Å². The quantitative estimate of drug-likeness (QED) is 0.428. The van der Waals surface area contributed by atoms with Gasteiger partial charge in [0.2, 0.25) is 5.91 Å². The number of rotatable bonds is 8. The van der Waals surface area contributed by atoms with Crippen LogP contribution in [0, 0.1) is 6.92 Å². The number of hydrogen-bond donors (Lipinski definition) is 1. The summed E-state index contributed by atoms with van der Waals surface area (Å²) in [5.41, 5.74) is 2.49. The second-order valence-electron chi connectivity index (χ2n) is 6.19. The minimum absolute atomic E-state index is 0.145. The highest BCUT2D eigenvalue weighted by Crippen LogP contribution is 2.30. The summed E-state index contributed by atoms with van der Waals surface area (Å²) >= 11 is 2.67. The molecule has 1 N–H and O–H groups in total. The van der Waals surface area contributed by atoms with E-state index in [-0.39, 0.29) is 18.3 Å². The number of ether oxygens (including phenoxy) is 1. The molecular weight excluding hydrogens is 408 g/mol. The van der Waals surface area contributed by atoms with Gasteiger partial charge in [-0.2, -0.15) is 0 Å². The molecule has 1 amide bonds. The third-order valence-corrected chi connectivity index (χ3v) is 6.18. The van der Waals surface area contributed by atoms with Crippen LogP contribution in [0.25, 0.3) is 5.69 Å². The number of aryl methyl sites for hydroxylation is 2. The largest absolute Gasteiger partial charge is 0.462 e. The van der Waals surface area contributed by atoms with Crippen LogP contribution in [-0.4, -0.2) is 39.0 Å². The maximum atomic E-state index is 12.5. The van der Waals surface area contributed by atoms with Crippen LogP contribution >= 0.6 is 23.1 Å². The molecule has 3 aromatic rings. The number of carbonyl (C=O) groups excluding carboxylic acids is 2. The molecule has 0 atom stereocenters. The molecule has 1 aromatic carbocycles. The Balaban J connectivity index is 1.67. The average molecular weight is 431 g/mol. The molecule has 0 aliphatic carbocycles. The van der Waals surface area contributed by atoms with Crippen molar-refractivity contribution in [1.82, 2.24) is 14.8 Å². The van der Waals surface area contributed by atoms with Crippen LogP contribution in [0.5, 0.6) is 0 Å². The molecule has 0 aliphatic heterocycles. The molecule has 2 aromatic heterocycles. The fourth-order valence-electron chi connectivity index (χ4n) is 2.57. The first kappa shape index (κ1) is 21.1. The molecule has 9 heteroatoms. The van der Waals surface area contributed by atoms with E-state index in [2.05, 4.69) is 15.5 Å². The second kappa shape index (κ2) is 9.71. The highest BCUT2D eigenvalue weighted by molar-refractivity contribution is 7.99. The molecule has 0 fully saturated rings. The Labute approximate surface area is 177 Å². The van der Waals surface area contributed by atoms with E-state index in [1.807, 2.05) is 42.7 Å². The molecule has 0 bridgehead atoms. The average Bonchev–Trinajstić information content (AvgIpc) is 3.34. The summed E-state index contributed by atoms with van der Waals surface area (Å²) in [5.74, 6) is -0.499. The smallest absolute Gasteiger partial charge is 0.341 e. The van der Waals surface area contributed by atoms with Gasteiger partial charge in [-0.05, 0) is 38.5 Å². The molecular formula is C20H22N4O3S2. The minimum atomic E-state index is -0.425. The molecule has 0 saturated carbocycles. The van der Waals surface area contributed by atoms with Crippen molar-refractivity contribution in [1.29, 1.82) is 0 Å². The number of anilines is 1. The van der Waals surface area contributed by atoms with Crippen LogP contribution in [0.15, 0.2) is 41.8 Å². The van der Waals surface area contributed by atoms with E-state index in [4.69, 9.17) is 4.74 Å². The number of esters is 1. The van der Waals surface area contributed by atoms with Crippen molar-refractivity contribution in [3.8, 4) is 5.69 Å². The van der Waals surface area contributed by atoms with Gasteiger partial charge in [0, 0.05) is 10.6 Å². The van der Waals surface area contributed by atoms with Gasteiger partial charge in [0.05, 0.1) is 17.9 Å². The molecule has 0 unspecified atom stereocenters. The summed E-state index contributed by atoms with van der Waals surface area (Å²) in [6, 6.07) is 9.75. The Hall–Kier alpha value is -2.65. The molecule has 0 saturated heterocycles. The second-order valence-corrected chi connectivity index (χ2v) is 8.26. The third-order valence-electron chi connectivity index (χ3n) is 4.04. The highest BCUT2D eigenvalue weighted by Gasteiger charge is 2.19. The van der Waals surface area contributed by atoms with Crippen molar-refractivity contribution in [2.24, 2.45) is 0 Å². The van der Waals surface area contributed by atoms with Gasteiger partial charge < -0.3 is 10.1 Å². The third kappa shape index (κ3) is 5.24. The molecule has 7 nitrogen and oxygen atoms in total. The Morgan fingerprint density at radius 1 is 1.24 bits per heavy atom. The summed E-state index contributed by atoms with van der Waals surface area (Å²) in [6.45, 7) is 6.06. The van der Waals surface area contributed by atoms with Gasteiger partial charge in [-0.3, -0.25) is 9.36 Å². The zero-order valence-corrected chi connectivity index (χ0v) is 18.1. The molecule has 152 valence electrons. The Bertz CT molecular complexity index is 996.